The first-order chi connectivity index (χ1) is 9.36. The van der Waals surface area contributed by atoms with Gasteiger partial charge in [0.2, 0.25) is 0 Å². The fourth-order valence-electron chi connectivity index (χ4n) is 3.13. The Hall–Kier alpha value is -0.910. The molecule has 19 heavy (non-hydrogen) atoms. The third kappa shape index (κ3) is 2.99. The highest BCUT2D eigenvalue weighted by molar-refractivity contribution is 5.05. The van der Waals surface area contributed by atoms with E-state index in [-0.39, 0.29) is 6.10 Å². The molecule has 5 heteroatoms. The Kier molecular flexibility index (Phi) is 4.15. The summed E-state index contributed by atoms with van der Waals surface area (Å²) in [6, 6.07) is 0. The lowest BCUT2D eigenvalue weighted by atomic mass is 10.1. The molecule has 0 saturated carbocycles. The molecule has 2 aliphatic rings. The van der Waals surface area contributed by atoms with Gasteiger partial charge in [-0.1, -0.05) is 6.92 Å². The van der Waals surface area contributed by atoms with Crippen LogP contribution in [0.4, 0.5) is 0 Å². The average molecular weight is 264 g/mol. The van der Waals surface area contributed by atoms with E-state index in [2.05, 4.69) is 26.7 Å². The van der Waals surface area contributed by atoms with E-state index in [0.717, 1.165) is 32.2 Å². The molecule has 1 N–H and O–H groups in total. The largest absolute Gasteiger partial charge is 0.369 e. The predicted octanol–water partition coefficient (Wildman–Crippen LogP) is 0.886. The highest BCUT2D eigenvalue weighted by Crippen LogP contribution is 2.22. The number of nitrogens with zero attached hydrogens (tertiary/aromatic N) is 3. The van der Waals surface area contributed by atoms with Gasteiger partial charge >= 0.3 is 0 Å². The second-order valence-electron chi connectivity index (χ2n) is 5.58. The van der Waals surface area contributed by atoms with Crippen molar-refractivity contribution in [2.75, 3.05) is 39.3 Å². The van der Waals surface area contributed by atoms with Crippen molar-refractivity contribution < 1.29 is 4.74 Å². The van der Waals surface area contributed by atoms with Crippen molar-refractivity contribution in [1.82, 2.24) is 19.8 Å². The molecule has 2 unspecified atom stereocenters. The molecule has 2 aliphatic heterocycles. The van der Waals surface area contributed by atoms with Crippen molar-refractivity contribution in [2.24, 2.45) is 5.92 Å². The Morgan fingerprint density at radius 2 is 2.47 bits per heavy atom. The van der Waals surface area contributed by atoms with Crippen LogP contribution in [0.5, 0.6) is 0 Å². The summed E-state index contributed by atoms with van der Waals surface area (Å²) in [4.78, 5) is 6.85. The van der Waals surface area contributed by atoms with E-state index in [1.54, 1.807) is 0 Å². The molecule has 0 bridgehead atoms. The van der Waals surface area contributed by atoms with E-state index >= 15 is 0 Å². The first-order valence-electron chi connectivity index (χ1n) is 7.41. The van der Waals surface area contributed by atoms with E-state index in [1.165, 1.54) is 31.7 Å². The molecule has 3 rings (SSSR count). The lowest BCUT2D eigenvalue weighted by Gasteiger charge is -2.25. The molecular weight excluding hydrogens is 240 g/mol. The number of hydrogen-bond donors (Lipinski definition) is 1. The van der Waals surface area contributed by atoms with Crippen LogP contribution in [-0.2, 0) is 11.3 Å². The number of morpholine rings is 1. The summed E-state index contributed by atoms with van der Waals surface area (Å²) in [7, 11) is 0. The zero-order chi connectivity index (χ0) is 13.1. The van der Waals surface area contributed by atoms with Crippen LogP contribution < -0.4 is 5.32 Å². The van der Waals surface area contributed by atoms with E-state index in [9.17, 15) is 0 Å². The van der Waals surface area contributed by atoms with Crippen LogP contribution in [0.1, 0.15) is 25.1 Å². The standard InChI is InChI=1S/C14H24N4O/c1-2-17-5-3-12(9-17)10-18-11-16-7-13(18)14-8-15-4-6-19-14/h7,11-12,14-15H,2-6,8-10H2,1H3. The number of ether oxygens (including phenoxy) is 1. The molecule has 0 radical (unpaired) electrons. The minimum absolute atomic E-state index is 0.167. The van der Waals surface area contributed by atoms with Gasteiger partial charge in [-0.15, -0.1) is 0 Å². The van der Waals surface area contributed by atoms with Crippen molar-refractivity contribution in [3.05, 3.63) is 18.2 Å². The lowest BCUT2D eigenvalue weighted by molar-refractivity contribution is 0.0224. The summed E-state index contributed by atoms with van der Waals surface area (Å²) < 4.78 is 8.13. The van der Waals surface area contributed by atoms with Crippen molar-refractivity contribution >= 4 is 0 Å². The number of aromatic nitrogens is 2. The summed E-state index contributed by atoms with van der Waals surface area (Å²) in [5.74, 6) is 0.754. The molecule has 5 nitrogen and oxygen atoms in total. The van der Waals surface area contributed by atoms with Crippen LogP contribution in [0.2, 0.25) is 0 Å². The van der Waals surface area contributed by atoms with Gasteiger partial charge in [0.15, 0.2) is 0 Å². The monoisotopic (exact) mass is 264 g/mol. The van der Waals surface area contributed by atoms with Crippen LogP contribution in [0, 0.1) is 5.92 Å². The number of likely N-dealkylation sites (tertiary alicyclic amines) is 1. The van der Waals surface area contributed by atoms with Gasteiger partial charge in [-0.25, -0.2) is 4.98 Å². The Balaban J connectivity index is 1.63. The highest BCUT2D eigenvalue weighted by Gasteiger charge is 2.24. The number of imidazole rings is 1. The van der Waals surface area contributed by atoms with Gasteiger partial charge in [0.25, 0.3) is 0 Å². The molecule has 0 spiro atoms. The van der Waals surface area contributed by atoms with E-state index in [1.807, 2.05) is 12.5 Å². The minimum Gasteiger partial charge on any atom is -0.369 e. The molecule has 0 aliphatic carbocycles. The third-order valence-corrected chi connectivity index (χ3v) is 4.27. The summed E-state index contributed by atoms with van der Waals surface area (Å²) in [5, 5.41) is 3.39. The highest BCUT2D eigenvalue weighted by atomic mass is 16.5. The Morgan fingerprint density at radius 1 is 1.53 bits per heavy atom. The van der Waals surface area contributed by atoms with Crippen LogP contribution in [-0.4, -0.2) is 53.8 Å². The summed E-state index contributed by atoms with van der Waals surface area (Å²) in [5.41, 5.74) is 1.22. The van der Waals surface area contributed by atoms with Gasteiger partial charge in [0.1, 0.15) is 6.10 Å². The van der Waals surface area contributed by atoms with E-state index < -0.39 is 0 Å². The van der Waals surface area contributed by atoms with Gasteiger partial charge in [0.05, 0.1) is 24.8 Å². The maximum absolute atomic E-state index is 5.84. The summed E-state index contributed by atoms with van der Waals surface area (Å²) in [6.45, 7) is 9.60. The molecule has 1 aromatic heterocycles. The summed E-state index contributed by atoms with van der Waals surface area (Å²) in [6.07, 6.45) is 5.39. The van der Waals surface area contributed by atoms with Crippen molar-refractivity contribution in [3.8, 4) is 0 Å². The molecule has 3 heterocycles. The molecule has 0 amide bonds. The van der Waals surface area contributed by atoms with Gasteiger partial charge in [-0.2, -0.15) is 0 Å². The van der Waals surface area contributed by atoms with Gasteiger partial charge in [-0.05, 0) is 25.4 Å². The van der Waals surface area contributed by atoms with Gasteiger partial charge < -0.3 is 19.5 Å². The van der Waals surface area contributed by atoms with Crippen molar-refractivity contribution in [1.29, 1.82) is 0 Å². The smallest absolute Gasteiger partial charge is 0.111 e. The second kappa shape index (κ2) is 6.03. The fraction of sp³-hybridized carbons (Fsp3) is 0.786. The normalized spacial score (nSPS) is 28.9. The fourth-order valence-corrected chi connectivity index (χ4v) is 3.13. The van der Waals surface area contributed by atoms with Crippen LogP contribution in [0.15, 0.2) is 12.5 Å². The molecule has 1 aromatic rings. The summed E-state index contributed by atoms with van der Waals surface area (Å²) >= 11 is 0. The Bertz CT molecular complexity index is 400. The zero-order valence-electron chi connectivity index (χ0n) is 11.7. The first-order valence-corrected chi connectivity index (χ1v) is 7.41. The second-order valence-corrected chi connectivity index (χ2v) is 5.58. The Labute approximate surface area is 114 Å². The van der Waals surface area contributed by atoms with Crippen molar-refractivity contribution in [3.63, 3.8) is 0 Å². The lowest BCUT2D eigenvalue weighted by Crippen LogP contribution is -2.34. The SMILES string of the molecule is CCN1CCC(Cn2cncc2C2CNCCO2)C1. The van der Waals surface area contributed by atoms with Crippen LogP contribution >= 0.6 is 0 Å². The Morgan fingerprint density at radius 3 is 3.21 bits per heavy atom. The molecular formula is C14H24N4O. The minimum atomic E-state index is 0.167. The maximum atomic E-state index is 5.84. The van der Waals surface area contributed by atoms with Gasteiger partial charge in [0, 0.05) is 26.2 Å². The average Bonchev–Trinajstić information content (AvgIpc) is 3.09. The first kappa shape index (κ1) is 13.1. The van der Waals surface area contributed by atoms with Crippen LogP contribution in [0.25, 0.3) is 0 Å². The predicted molar refractivity (Wildman–Crippen MR) is 74.0 cm³/mol. The molecule has 2 fully saturated rings. The number of rotatable bonds is 4. The quantitative estimate of drug-likeness (QED) is 0.877. The molecule has 2 saturated heterocycles. The number of nitrogens with one attached hydrogen (secondary N) is 1. The van der Waals surface area contributed by atoms with E-state index in [4.69, 9.17) is 4.74 Å². The topological polar surface area (TPSA) is 42.3 Å². The van der Waals surface area contributed by atoms with E-state index in [0.29, 0.717) is 0 Å². The van der Waals surface area contributed by atoms with Gasteiger partial charge in [-0.3, -0.25) is 0 Å². The number of hydrogen-bond acceptors (Lipinski definition) is 4. The molecule has 106 valence electrons. The van der Waals surface area contributed by atoms with Crippen molar-refractivity contribution in [2.45, 2.75) is 26.0 Å². The zero-order valence-corrected chi connectivity index (χ0v) is 11.7. The molecule has 2 atom stereocenters. The molecule has 0 aromatic carbocycles. The van der Waals surface area contributed by atoms with Crippen LogP contribution in [0.3, 0.4) is 0 Å². The third-order valence-electron chi connectivity index (χ3n) is 4.27. The maximum Gasteiger partial charge on any atom is 0.111 e.